The molecule has 2 aromatic rings. The molecule has 1 fully saturated rings. The molecule has 1 aromatic carbocycles. The molecule has 0 radical (unpaired) electrons. The van der Waals surface area contributed by atoms with Crippen molar-refractivity contribution in [2.24, 2.45) is 11.8 Å². The van der Waals surface area contributed by atoms with Gasteiger partial charge in [0.05, 0.1) is 5.52 Å². The molecule has 1 aliphatic rings. The van der Waals surface area contributed by atoms with E-state index in [0.717, 1.165) is 40.8 Å². The highest BCUT2D eigenvalue weighted by molar-refractivity contribution is 5.91. The summed E-state index contributed by atoms with van der Waals surface area (Å²) in [5.41, 5.74) is 7.53. The molecule has 0 amide bonds. The van der Waals surface area contributed by atoms with Crippen molar-refractivity contribution in [1.82, 2.24) is 9.97 Å². The lowest BCUT2D eigenvalue weighted by Gasteiger charge is -2.13. The summed E-state index contributed by atoms with van der Waals surface area (Å²) < 4.78 is 0. The summed E-state index contributed by atoms with van der Waals surface area (Å²) in [5, 5.41) is 4.48. The molecule has 3 N–H and O–H groups in total. The van der Waals surface area contributed by atoms with Crippen LogP contribution in [-0.2, 0) is 0 Å². The molecule has 0 aliphatic heterocycles. The summed E-state index contributed by atoms with van der Waals surface area (Å²) in [6.45, 7) is 3.33. The second-order valence-electron chi connectivity index (χ2n) is 5.66. The van der Waals surface area contributed by atoms with Crippen molar-refractivity contribution >= 4 is 22.4 Å². The zero-order chi connectivity index (χ0) is 13.2. The quantitative estimate of drug-likeness (QED) is 0.828. The van der Waals surface area contributed by atoms with E-state index in [-0.39, 0.29) is 0 Å². The van der Waals surface area contributed by atoms with Crippen molar-refractivity contribution < 1.29 is 0 Å². The molecule has 2 atom stereocenters. The normalized spacial score (nSPS) is 22.8. The Morgan fingerprint density at radius 3 is 3.00 bits per heavy atom. The first kappa shape index (κ1) is 12.2. The number of hydrogen-bond donors (Lipinski definition) is 2. The Morgan fingerprint density at radius 1 is 1.32 bits per heavy atom. The summed E-state index contributed by atoms with van der Waals surface area (Å²) >= 11 is 0. The van der Waals surface area contributed by atoms with Crippen molar-refractivity contribution in [2.45, 2.75) is 26.2 Å². The van der Waals surface area contributed by atoms with Crippen LogP contribution in [0.4, 0.5) is 11.5 Å². The Bertz CT molecular complexity index is 581. The third-order valence-corrected chi connectivity index (χ3v) is 4.02. The number of nitrogen functional groups attached to an aromatic ring is 1. The van der Waals surface area contributed by atoms with Crippen LogP contribution in [0.5, 0.6) is 0 Å². The monoisotopic (exact) mass is 256 g/mol. The number of fused-ring (bicyclic) bond motifs is 1. The topological polar surface area (TPSA) is 63.8 Å². The molecule has 1 aliphatic carbocycles. The van der Waals surface area contributed by atoms with Crippen molar-refractivity contribution in [3.8, 4) is 0 Å². The van der Waals surface area contributed by atoms with Crippen LogP contribution in [0.15, 0.2) is 24.5 Å². The summed E-state index contributed by atoms with van der Waals surface area (Å²) in [6, 6.07) is 5.75. The highest BCUT2D eigenvalue weighted by Gasteiger charge is 2.21. The first-order valence-corrected chi connectivity index (χ1v) is 6.96. The van der Waals surface area contributed by atoms with Gasteiger partial charge < -0.3 is 11.1 Å². The molecule has 2 unspecified atom stereocenters. The van der Waals surface area contributed by atoms with Gasteiger partial charge in [0.2, 0.25) is 0 Å². The van der Waals surface area contributed by atoms with Gasteiger partial charge in [-0.1, -0.05) is 13.3 Å². The van der Waals surface area contributed by atoms with Gasteiger partial charge in [-0.05, 0) is 42.9 Å². The predicted molar refractivity (Wildman–Crippen MR) is 78.9 cm³/mol. The minimum Gasteiger partial charge on any atom is -0.399 e. The molecule has 0 spiro atoms. The Morgan fingerprint density at radius 2 is 2.21 bits per heavy atom. The largest absolute Gasteiger partial charge is 0.399 e. The summed E-state index contributed by atoms with van der Waals surface area (Å²) in [6.07, 6.45) is 5.60. The van der Waals surface area contributed by atoms with Crippen molar-refractivity contribution in [3.05, 3.63) is 24.5 Å². The molecule has 1 heterocycles. The molecule has 1 aromatic heterocycles. The van der Waals surface area contributed by atoms with Gasteiger partial charge in [0, 0.05) is 17.6 Å². The lowest BCUT2D eigenvalue weighted by molar-refractivity contribution is 0.536. The maximum Gasteiger partial charge on any atom is 0.137 e. The Hall–Kier alpha value is -1.84. The van der Waals surface area contributed by atoms with Gasteiger partial charge in [-0.25, -0.2) is 9.97 Å². The van der Waals surface area contributed by atoms with E-state index in [1.165, 1.54) is 19.3 Å². The molecule has 1 saturated carbocycles. The second-order valence-corrected chi connectivity index (χ2v) is 5.66. The van der Waals surface area contributed by atoms with Crippen LogP contribution in [0.2, 0.25) is 0 Å². The van der Waals surface area contributed by atoms with Crippen molar-refractivity contribution in [3.63, 3.8) is 0 Å². The first-order valence-electron chi connectivity index (χ1n) is 6.96. The summed E-state index contributed by atoms with van der Waals surface area (Å²) in [7, 11) is 0. The average molecular weight is 256 g/mol. The molecule has 3 rings (SSSR count). The number of nitrogens with one attached hydrogen (secondary N) is 1. The molecular formula is C15H20N4. The lowest BCUT2D eigenvalue weighted by Crippen LogP contribution is -2.12. The van der Waals surface area contributed by atoms with E-state index in [0.29, 0.717) is 0 Å². The fourth-order valence-electron chi connectivity index (χ4n) is 2.97. The predicted octanol–water partition coefficient (Wildman–Crippen LogP) is 3.06. The smallest absolute Gasteiger partial charge is 0.137 e. The van der Waals surface area contributed by atoms with Gasteiger partial charge in [0.1, 0.15) is 12.1 Å². The maximum absolute atomic E-state index is 5.85. The number of benzene rings is 1. The van der Waals surface area contributed by atoms with E-state index in [9.17, 15) is 0 Å². The minimum atomic E-state index is 0.750. The van der Waals surface area contributed by atoms with Crippen LogP contribution in [0.3, 0.4) is 0 Å². The van der Waals surface area contributed by atoms with E-state index < -0.39 is 0 Å². The fourth-order valence-corrected chi connectivity index (χ4v) is 2.97. The molecule has 100 valence electrons. The standard InChI is InChI=1S/C15H20N4/c1-10-2-3-11(6-10)8-17-15-13-7-12(16)4-5-14(13)18-9-19-15/h4-5,7,9-11H,2-3,6,8,16H2,1H3,(H,17,18,19). The van der Waals surface area contributed by atoms with Crippen LogP contribution in [-0.4, -0.2) is 16.5 Å². The number of nitrogens with two attached hydrogens (primary N) is 1. The van der Waals surface area contributed by atoms with Crippen molar-refractivity contribution in [1.29, 1.82) is 0 Å². The van der Waals surface area contributed by atoms with Crippen LogP contribution in [0, 0.1) is 11.8 Å². The fraction of sp³-hybridized carbons (Fsp3) is 0.467. The second kappa shape index (κ2) is 5.03. The SMILES string of the molecule is CC1CCC(CNc2ncnc3ccc(N)cc23)C1. The molecule has 4 heteroatoms. The van der Waals surface area contributed by atoms with Gasteiger partial charge in [0.25, 0.3) is 0 Å². The average Bonchev–Trinajstić information content (AvgIpc) is 2.82. The maximum atomic E-state index is 5.85. The molecule has 19 heavy (non-hydrogen) atoms. The number of hydrogen-bond acceptors (Lipinski definition) is 4. The zero-order valence-electron chi connectivity index (χ0n) is 11.3. The number of aromatic nitrogens is 2. The molecular weight excluding hydrogens is 236 g/mol. The van der Waals surface area contributed by atoms with E-state index in [4.69, 9.17) is 5.73 Å². The minimum absolute atomic E-state index is 0.750. The molecule has 0 saturated heterocycles. The Balaban J connectivity index is 1.78. The van der Waals surface area contributed by atoms with Gasteiger partial charge in [-0.2, -0.15) is 0 Å². The Labute approximate surface area is 113 Å². The highest BCUT2D eigenvalue weighted by atomic mass is 15.0. The molecule has 4 nitrogen and oxygen atoms in total. The highest BCUT2D eigenvalue weighted by Crippen LogP contribution is 2.31. The van der Waals surface area contributed by atoms with E-state index >= 15 is 0 Å². The van der Waals surface area contributed by atoms with Gasteiger partial charge in [0.15, 0.2) is 0 Å². The number of anilines is 2. The van der Waals surface area contributed by atoms with Gasteiger partial charge in [-0.15, -0.1) is 0 Å². The van der Waals surface area contributed by atoms with Crippen LogP contribution >= 0.6 is 0 Å². The van der Waals surface area contributed by atoms with E-state index in [2.05, 4.69) is 22.2 Å². The summed E-state index contributed by atoms with van der Waals surface area (Å²) in [5.74, 6) is 2.53. The lowest BCUT2D eigenvalue weighted by atomic mass is 10.1. The number of rotatable bonds is 3. The van der Waals surface area contributed by atoms with Crippen molar-refractivity contribution in [2.75, 3.05) is 17.6 Å². The van der Waals surface area contributed by atoms with E-state index in [1.807, 2.05) is 18.2 Å². The van der Waals surface area contributed by atoms with Crippen LogP contribution in [0.1, 0.15) is 26.2 Å². The third kappa shape index (κ3) is 2.62. The van der Waals surface area contributed by atoms with Crippen LogP contribution < -0.4 is 11.1 Å². The van der Waals surface area contributed by atoms with E-state index in [1.54, 1.807) is 6.33 Å². The Kier molecular flexibility index (Phi) is 3.23. The number of nitrogens with zero attached hydrogens (tertiary/aromatic N) is 2. The summed E-state index contributed by atoms with van der Waals surface area (Å²) in [4.78, 5) is 8.62. The van der Waals surface area contributed by atoms with Gasteiger partial charge >= 0.3 is 0 Å². The van der Waals surface area contributed by atoms with Gasteiger partial charge in [-0.3, -0.25) is 0 Å². The van der Waals surface area contributed by atoms with Crippen LogP contribution in [0.25, 0.3) is 10.9 Å². The zero-order valence-corrected chi connectivity index (χ0v) is 11.3. The molecule has 0 bridgehead atoms. The first-order chi connectivity index (χ1) is 9.22. The third-order valence-electron chi connectivity index (χ3n) is 4.02.